The fourth-order valence-corrected chi connectivity index (χ4v) is 1.36. The van der Waals surface area contributed by atoms with E-state index in [-0.39, 0.29) is 24.0 Å². The summed E-state index contributed by atoms with van der Waals surface area (Å²) in [6, 6.07) is 5.08. The second-order valence-corrected chi connectivity index (χ2v) is 4.49. The van der Waals surface area contributed by atoms with E-state index in [0.717, 1.165) is 0 Å². The molecule has 0 spiro atoms. The lowest BCUT2D eigenvalue weighted by Crippen LogP contribution is -2.20. The van der Waals surface area contributed by atoms with Crippen LogP contribution in [0.2, 0.25) is 0 Å². The third kappa shape index (κ3) is 5.23. The van der Waals surface area contributed by atoms with Crippen LogP contribution in [0.5, 0.6) is 0 Å². The highest BCUT2D eigenvalue weighted by molar-refractivity contribution is 6.20. The monoisotopic (exact) mass is 287 g/mol. The van der Waals surface area contributed by atoms with Crippen molar-refractivity contribution in [1.82, 2.24) is 0 Å². The first-order valence-corrected chi connectivity index (χ1v) is 6.05. The Balaban J connectivity index is 2.55. The first kappa shape index (κ1) is 15.4. The molecule has 0 bridgehead atoms. The van der Waals surface area contributed by atoms with Crippen LogP contribution in [-0.2, 0) is 9.47 Å². The van der Waals surface area contributed by atoms with Gasteiger partial charge in [-0.2, -0.15) is 0 Å². The molecule has 0 aliphatic rings. The van der Waals surface area contributed by atoms with Crippen LogP contribution >= 0.6 is 11.6 Å². The number of rotatable bonds is 6. The van der Waals surface area contributed by atoms with Crippen LogP contribution < -0.4 is 0 Å². The third-order valence-corrected chi connectivity index (χ3v) is 2.32. The van der Waals surface area contributed by atoms with Crippen molar-refractivity contribution in [3.05, 3.63) is 39.9 Å². The summed E-state index contributed by atoms with van der Waals surface area (Å²) in [5, 5.41) is 10.5. The van der Waals surface area contributed by atoms with Crippen molar-refractivity contribution in [3.8, 4) is 0 Å². The van der Waals surface area contributed by atoms with E-state index >= 15 is 0 Å². The average molecular weight is 288 g/mol. The van der Waals surface area contributed by atoms with Crippen LogP contribution in [0.1, 0.15) is 24.2 Å². The molecule has 104 valence electrons. The molecule has 0 radical (unpaired) electrons. The van der Waals surface area contributed by atoms with Gasteiger partial charge in [0, 0.05) is 12.1 Å². The van der Waals surface area contributed by atoms with Crippen LogP contribution in [0.25, 0.3) is 0 Å². The molecule has 1 rings (SSSR count). The molecule has 19 heavy (non-hydrogen) atoms. The van der Waals surface area contributed by atoms with E-state index in [1.165, 1.54) is 24.3 Å². The smallest absolute Gasteiger partial charge is 0.339 e. The van der Waals surface area contributed by atoms with Crippen molar-refractivity contribution in [2.45, 2.75) is 25.5 Å². The Morgan fingerprint density at radius 1 is 1.37 bits per heavy atom. The van der Waals surface area contributed by atoms with E-state index < -0.39 is 16.5 Å². The molecule has 1 aromatic carbocycles. The fraction of sp³-hybridized carbons (Fsp3) is 0.417. The van der Waals surface area contributed by atoms with Crippen molar-refractivity contribution in [2.24, 2.45) is 0 Å². The number of non-ortho nitro benzene ring substituents is 1. The number of ether oxygens (including phenoxy) is 2. The number of halogens is 1. The zero-order chi connectivity index (χ0) is 14.4. The van der Waals surface area contributed by atoms with Gasteiger partial charge < -0.3 is 9.47 Å². The largest absolute Gasteiger partial charge is 0.440 e. The Hall–Kier alpha value is -1.66. The first-order chi connectivity index (χ1) is 8.90. The highest BCUT2D eigenvalue weighted by Crippen LogP contribution is 2.14. The predicted octanol–water partition coefficient (Wildman–Crippen LogP) is 2.74. The van der Waals surface area contributed by atoms with E-state index in [1.807, 2.05) is 13.8 Å². The van der Waals surface area contributed by atoms with E-state index in [4.69, 9.17) is 21.1 Å². The lowest BCUT2D eigenvalue weighted by Gasteiger charge is -2.13. The van der Waals surface area contributed by atoms with Crippen LogP contribution in [0.15, 0.2) is 24.3 Å². The SMILES string of the molecule is CC(C)OCC(Cl)OC(=O)c1ccc([N+](=O)[O-])cc1. The minimum absolute atomic E-state index is 0.0145. The average Bonchev–Trinajstić information content (AvgIpc) is 2.36. The normalized spacial score (nSPS) is 12.2. The van der Waals surface area contributed by atoms with Crippen LogP contribution in [0.3, 0.4) is 0 Å². The number of hydrogen-bond donors (Lipinski definition) is 0. The number of benzene rings is 1. The van der Waals surface area contributed by atoms with Gasteiger partial charge in [0.2, 0.25) is 0 Å². The molecule has 7 heteroatoms. The molecule has 0 aromatic heterocycles. The number of nitro groups is 1. The van der Waals surface area contributed by atoms with Gasteiger partial charge >= 0.3 is 5.97 Å². The maximum absolute atomic E-state index is 11.6. The summed E-state index contributed by atoms with van der Waals surface area (Å²) in [5.74, 6) is -0.651. The molecule has 0 amide bonds. The standard InChI is InChI=1S/C12H14ClNO5/c1-8(2)18-7-11(13)19-12(15)9-3-5-10(6-4-9)14(16)17/h3-6,8,11H,7H2,1-2H3. The number of carbonyl (C=O) groups excluding carboxylic acids is 1. The Morgan fingerprint density at radius 2 is 1.95 bits per heavy atom. The molecular weight excluding hydrogens is 274 g/mol. The molecule has 0 aliphatic heterocycles. The minimum Gasteiger partial charge on any atom is -0.440 e. The van der Waals surface area contributed by atoms with E-state index in [9.17, 15) is 14.9 Å². The van der Waals surface area contributed by atoms with Crippen molar-refractivity contribution < 1.29 is 19.2 Å². The van der Waals surface area contributed by atoms with Gasteiger partial charge in [-0.1, -0.05) is 11.6 Å². The van der Waals surface area contributed by atoms with Crippen molar-refractivity contribution >= 4 is 23.3 Å². The highest BCUT2D eigenvalue weighted by atomic mass is 35.5. The maximum atomic E-state index is 11.6. The summed E-state index contributed by atoms with van der Waals surface area (Å²) in [7, 11) is 0. The second-order valence-electron chi connectivity index (χ2n) is 4.00. The molecular formula is C12H14ClNO5. The summed E-state index contributed by atoms with van der Waals surface area (Å²) in [6.07, 6.45) is -0.0145. The third-order valence-electron chi connectivity index (χ3n) is 2.11. The Kier molecular flexibility index (Phi) is 5.72. The summed E-state index contributed by atoms with van der Waals surface area (Å²) in [6.45, 7) is 3.75. The zero-order valence-electron chi connectivity index (χ0n) is 10.5. The molecule has 0 saturated heterocycles. The minimum atomic E-state index is -0.898. The first-order valence-electron chi connectivity index (χ1n) is 5.61. The molecule has 6 nitrogen and oxygen atoms in total. The lowest BCUT2D eigenvalue weighted by molar-refractivity contribution is -0.384. The van der Waals surface area contributed by atoms with Crippen LogP contribution in [0.4, 0.5) is 5.69 Å². The molecule has 1 atom stereocenters. The number of carbonyl (C=O) groups is 1. The van der Waals surface area contributed by atoms with Gasteiger partial charge in [0.1, 0.15) is 0 Å². The molecule has 0 fully saturated rings. The Labute approximate surface area is 115 Å². The number of esters is 1. The molecule has 0 N–H and O–H groups in total. The topological polar surface area (TPSA) is 78.7 Å². The van der Waals surface area contributed by atoms with Crippen LogP contribution in [0, 0.1) is 10.1 Å². The van der Waals surface area contributed by atoms with Gasteiger partial charge in [-0.25, -0.2) is 4.79 Å². The van der Waals surface area contributed by atoms with E-state index in [1.54, 1.807) is 0 Å². The molecule has 0 aliphatic carbocycles. The molecule has 1 unspecified atom stereocenters. The number of nitrogens with zero attached hydrogens (tertiary/aromatic N) is 1. The van der Waals surface area contributed by atoms with Crippen molar-refractivity contribution in [3.63, 3.8) is 0 Å². The Bertz CT molecular complexity index is 446. The number of hydrogen-bond acceptors (Lipinski definition) is 5. The van der Waals surface area contributed by atoms with E-state index in [0.29, 0.717) is 0 Å². The van der Waals surface area contributed by atoms with Gasteiger partial charge in [0.15, 0.2) is 5.56 Å². The Morgan fingerprint density at radius 3 is 2.42 bits per heavy atom. The molecule has 1 aromatic rings. The quantitative estimate of drug-likeness (QED) is 0.348. The van der Waals surface area contributed by atoms with Gasteiger partial charge in [-0.05, 0) is 26.0 Å². The summed E-state index contributed by atoms with van der Waals surface area (Å²) < 4.78 is 10.1. The fourth-order valence-electron chi connectivity index (χ4n) is 1.21. The predicted molar refractivity (Wildman–Crippen MR) is 69.2 cm³/mol. The number of nitro benzene ring substituents is 1. The summed E-state index contributed by atoms with van der Waals surface area (Å²) in [5.41, 5.74) is -0.798. The van der Waals surface area contributed by atoms with Crippen LogP contribution in [-0.4, -0.2) is 29.2 Å². The van der Waals surface area contributed by atoms with Gasteiger partial charge in [-0.3, -0.25) is 10.1 Å². The maximum Gasteiger partial charge on any atom is 0.339 e. The highest BCUT2D eigenvalue weighted by Gasteiger charge is 2.15. The molecule has 0 saturated carbocycles. The summed E-state index contributed by atoms with van der Waals surface area (Å²) in [4.78, 5) is 21.6. The number of alkyl halides is 1. The summed E-state index contributed by atoms with van der Waals surface area (Å²) >= 11 is 5.78. The van der Waals surface area contributed by atoms with Crippen molar-refractivity contribution in [2.75, 3.05) is 6.61 Å². The van der Waals surface area contributed by atoms with Gasteiger partial charge in [-0.15, -0.1) is 0 Å². The zero-order valence-corrected chi connectivity index (χ0v) is 11.3. The van der Waals surface area contributed by atoms with Gasteiger partial charge in [0.25, 0.3) is 5.69 Å². The van der Waals surface area contributed by atoms with Gasteiger partial charge in [0.05, 0.1) is 23.2 Å². The lowest BCUT2D eigenvalue weighted by atomic mass is 10.2. The molecule has 0 heterocycles. The second kappa shape index (κ2) is 7.06. The van der Waals surface area contributed by atoms with E-state index in [2.05, 4.69) is 0 Å². The van der Waals surface area contributed by atoms with Crippen molar-refractivity contribution in [1.29, 1.82) is 0 Å².